The highest BCUT2D eigenvalue weighted by Gasteiger charge is 2.00. The van der Waals surface area contributed by atoms with Gasteiger partial charge in [0.1, 0.15) is 0 Å². The fraction of sp³-hybridized carbons (Fsp3) is 0.154. The zero-order valence-corrected chi connectivity index (χ0v) is 8.93. The molecule has 1 heterocycles. The number of aromatic nitrogens is 2. The molecule has 0 aliphatic heterocycles. The number of hydrogen-bond donors (Lipinski definition) is 0. The van der Waals surface area contributed by atoms with Crippen LogP contribution in [0.3, 0.4) is 0 Å². The lowest BCUT2D eigenvalue weighted by atomic mass is 10.1. The van der Waals surface area contributed by atoms with Crippen molar-refractivity contribution in [3.05, 3.63) is 60.5 Å². The molecule has 0 aliphatic rings. The first-order valence-corrected chi connectivity index (χ1v) is 5.11. The highest BCUT2D eigenvalue weighted by atomic mass is 15.0. The average Bonchev–Trinajstić information content (AvgIpc) is 2.77. The fourth-order valence-corrected chi connectivity index (χ4v) is 1.58. The van der Waals surface area contributed by atoms with E-state index in [0.717, 1.165) is 24.2 Å². The predicted octanol–water partition coefficient (Wildman–Crippen LogP) is 2.18. The molecule has 0 atom stereocenters. The summed E-state index contributed by atoms with van der Waals surface area (Å²) in [6.45, 7) is 4.63. The van der Waals surface area contributed by atoms with Gasteiger partial charge in [-0.25, -0.2) is 4.98 Å². The zero-order chi connectivity index (χ0) is 11.4. The Hall–Kier alpha value is -2.08. The van der Waals surface area contributed by atoms with E-state index in [0.29, 0.717) is 5.56 Å². The summed E-state index contributed by atoms with van der Waals surface area (Å²) in [6, 6.07) is 9.69. The van der Waals surface area contributed by atoms with Gasteiger partial charge in [-0.15, -0.1) is 0 Å². The van der Waals surface area contributed by atoms with Gasteiger partial charge in [0.15, 0.2) is 0 Å². The normalized spacial score (nSPS) is 10.0. The topological polar surface area (TPSA) is 41.6 Å². The third kappa shape index (κ3) is 2.12. The van der Waals surface area contributed by atoms with Crippen molar-refractivity contribution >= 4 is 0 Å². The lowest BCUT2D eigenvalue weighted by molar-refractivity contribution is 0.756. The molecule has 0 unspecified atom stereocenters. The number of imidazole rings is 1. The maximum atomic E-state index is 8.69. The molecule has 0 N–H and O–H groups in total. The Bertz CT molecular complexity index is 503. The first kappa shape index (κ1) is 10.4. The van der Waals surface area contributed by atoms with Gasteiger partial charge in [-0.3, -0.25) is 0 Å². The summed E-state index contributed by atoms with van der Waals surface area (Å²) in [5.74, 6) is 0. The summed E-state index contributed by atoms with van der Waals surface area (Å²) in [4.78, 5) is 4.09. The van der Waals surface area contributed by atoms with Crippen molar-refractivity contribution in [2.24, 2.45) is 0 Å². The molecule has 2 aromatic rings. The second kappa shape index (κ2) is 4.63. The van der Waals surface area contributed by atoms with Crippen LogP contribution >= 0.6 is 0 Å². The minimum atomic E-state index is 0.687. The van der Waals surface area contributed by atoms with Gasteiger partial charge < -0.3 is 4.57 Å². The van der Waals surface area contributed by atoms with Crippen LogP contribution < -0.4 is 0 Å². The largest absolute Gasteiger partial charge is 0.330 e. The summed E-state index contributed by atoms with van der Waals surface area (Å²) in [6.07, 6.45) is 4.37. The summed E-state index contributed by atoms with van der Waals surface area (Å²) in [5.41, 5.74) is 2.96. The van der Waals surface area contributed by atoms with Crippen molar-refractivity contribution < 1.29 is 0 Å². The number of rotatable bonds is 3. The molecule has 0 aliphatic carbocycles. The molecule has 0 amide bonds. The maximum Gasteiger partial charge on any atom is 0.0991 e. The van der Waals surface area contributed by atoms with Crippen LogP contribution in [-0.2, 0) is 13.0 Å². The maximum absolute atomic E-state index is 8.69. The van der Waals surface area contributed by atoms with E-state index in [1.54, 1.807) is 6.33 Å². The van der Waals surface area contributed by atoms with E-state index >= 15 is 0 Å². The molecule has 3 nitrogen and oxygen atoms in total. The van der Waals surface area contributed by atoms with Crippen LogP contribution in [-0.4, -0.2) is 9.55 Å². The minimum absolute atomic E-state index is 0.687. The summed E-state index contributed by atoms with van der Waals surface area (Å²) in [7, 11) is 0. The molecule has 16 heavy (non-hydrogen) atoms. The Labute approximate surface area is 95.0 Å². The average molecular weight is 210 g/mol. The van der Waals surface area contributed by atoms with Gasteiger partial charge in [0.25, 0.3) is 0 Å². The first-order valence-electron chi connectivity index (χ1n) is 5.11. The molecule has 2 rings (SSSR count). The number of hydrogen-bond acceptors (Lipinski definition) is 2. The van der Waals surface area contributed by atoms with E-state index in [1.165, 1.54) is 0 Å². The van der Waals surface area contributed by atoms with Crippen LogP contribution in [0, 0.1) is 18.3 Å². The SMILES string of the molecule is [CH2]Cc1cncn1Cc1ccc(C#N)cc1. The molecule has 3 heteroatoms. The van der Waals surface area contributed by atoms with E-state index in [1.807, 2.05) is 30.5 Å². The van der Waals surface area contributed by atoms with E-state index in [2.05, 4.69) is 22.5 Å². The van der Waals surface area contributed by atoms with Crippen molar-refractivity contribution in [2.75, 3.05) is 0 Å². The Morgan fingerprint density at radius 1 is 1.31 bits per heavy atom. The highest BCUT2D eigenvalue weighted by Crippen LogP contribution is 2.08. The van der Waals surface area contributed by atoms with Gasteiger partial charge in [0.05, 0.1) is 18.0 Å². The number of nitriles is 1. The quantitative estimate of drug-likeness (QED) is 0.779. The van der Waals surface area contributed by atoms with Crippen molar-refractivity contribution in [3.63, 3.8) is 0 Å². The van der Waals surface area contributed by atoms with Gasteiger partial charge in [0.2, 0.25) is 0 Å². The Balaban J connectivity index is 2.18. The monoisotopic (exact) mass is 210 g/mol. The van der Waals surface area contributed by atoms with Crippen molar-refractivity contribution in [3.8, 4) is 6.07 Å². The van der Waals surface area contributed by atoms with Gasteiger partial charge in [-0.05, 0) is 31.0 Å². The lowest BCUT2D eigenvalue weighted by Crippen LogP contribution is -2.02. The van der Waals surface area contributed by atoms with Crippen LogP contribution in [0.4, 0.5) is 0 Å². The number of benzene rings is 1. The van der Waals surface area contributed by atoms with Crippen LogP contribution in [0.1, 0.15) is 16.8 Å². The van der Waals surface area contributed by atoms with Crippen molar-refractivity contribution in [1.82, 2.24) is 9.55 Å². The molecule has 0 saturated carbocycles. The third-order valence-electron chi connectivity index (χ3n) is 2.49. The van der Waals surface area contributed by atoms with E-state index in [-0.39, 0.29) is 0 Å². The standard InChI is InChI=1S/C13H12N3/c1-2-13-8-15-10-16(13)9-12-5-3-11(7-14)4-6-12/h3-6,8,10H,1-2,9H2. The molecule has 79 valence electrons. The van der Waals surface area contributed by atoms with Gasteiger partial charge in [-0.1, -0.05) is 12.1 Å². The fourth-order valence-electron chi connectivity index (χ4n) is 1.58. The molecule has 0 fully saturated rings. The minimum Gasteiger partial charge on any atom is -0.330 e. The van der Waals surface area contributed by atoms with Gasteiger partial charge in [-0.2, -0.15) is 5.26 Å². The van der Waals surface area contributed by atoms with E-state index in [4.69, 9.17) is 5.26 Å². The molecule has 1 aromatic heterocycles. The second-order valence-corrected chi connectivity index (χ2v) is 3.57. The smallest absolute Gasteiger partial charge is 0.0991 e. The van der Waals surface area contributed by atoms with Crippen LogP contribution in [0.15, 0.2) is 36.8 Å². The van der Waals surface area contributed by atoms with Crippen LogP contribution in [0.25, 0.3) is 0 Å². The second-order valence-electron chi connectivity index (χ2n) is 3.57. The molecular weight excluding hydrogens is 198 g/mol. The molecule has 1 radical (unpaired) electrons. The Kier molecular flexibility index (Phi) is 3.02. The summed E-state index contributed by atoms with van der Waals surface area (Å²) in [5, 5.41) is 8.69. The van der Waals surface area contributed by atoms with Crippen molar-refractivity contribution in [2.45, 2.75) is 13.0 Å². The van der Waals surface area contributed by atoms with Gasteiger partial charge >= 0.3 is 0 Å². The molecule has 0 bridgehead atoms. The Morgan fingerprint density at radius 3 is 2.69 bits per heavy atom. The van der Waals surface area contributed by atoms with Crippen molar-refractivity contribution in [1.29, 1.82) is 5.26 Å². The Morgan fingerprint density at radius 2 is 2.06 bits per heavy atom. The first-order chi connectivity index (χ1) is 7.83. The number of nitrogens with zero attached hydrogens (tertiary/aromatic N) is 3. The van der Waals surface area contributed by atoms with E-state index in [9.17, 15) is 0 Å². The molecule has 0 saturated heterocycles. The lowest BCUT2D eigenvalue weighted by Gasteiger charge is -2.06. The highest BCUT2D eigenvalue weighted by molar-refractivity contribution is 5.31. The van der Waals surface area contributed by atoms with E-state index < -0.39 is 0 Å². The summed E-state index contributed by atoms with van der Waals surface area (Å²) < 4.78 is 2.06. The zero-order valence-electron chi connectivity index (χ0n) is 8.93. The third-order valence-corrected chi connectivity index (χ3v) is 2.49. The predicted molar refractivity (Wildman–Crippen MR) is 61.5 cm³/mol. The van der Waals surface area contributed by atoms with Gasteiger partial charge in [0, 0.05) is 18.4 Å². The molecule has 0 spiro atoms. The summed E-state index contributed by atoms with van der Waals surface area (Å²) >= 11 is 0. The van der Waals surface area contributed by atoms with Crippen LogP contribution in [0.5, 0.6) is 0 Å². The molecular formula is C13H12N3. The van der Waals surface area contributed by atoms with Crippen LogP contribution in [0.2, 0.25) is 0 Å². The molecule has 1 aromatic carbocycles.